The molecule has 0 unspecified atom stereocenters. The van der Waals surface area contributed by atoms with Gasteiger partial charge in [-0.15, -0.1) is 0 Å². The lowest BCUT2D eigenvalue weighted by Crippen LogP contribution is -2.25. The molecule has 2 heterocycles. The van der Waals surface area contributed by atoms with E-state index in [-0.39, 0.29) is 11.7 Å². The molecule has 156 valence electrons. The highest BCUT2D eigenvalue weighted by atomic mass is 35.5. The second-order valence-corrected chi connectivity index (χ2v) is 7.38. The summed E-state index contributed by atoms with van der Waals surface area (Å²) >= 11 is 5.99. The standard InChI is InChI=1S/C24H19ClFN3O2/c1-16-13-18(25)15-27-23(16)29-12-2-3-22(29)24(30)28-14-17-4-8-20(9-5-17)31-21-10-6-19(26)7-11-21/h2-13,15H,14H2,1H3,(H,28,30). The van der Waals surface area contributed by atoms with Gasteiger partial charge in [-0.1, -0.05) is 23.7 Å². The minimum atomic E-state index is -0.313. The first kappa shape index (κ1) is 20.6. The average molecular weight is 436 g/mol. The molecule has 0 spiro atoms. The van der Waals surface area contributed by atoms with Crippen LogP contribution in [0.1, 0.15) is 21.6 Å². The number of rotatable bonds is 6. The fourth-order valence-corrected chi connectivity index (χ4v) is 3.34. The lowest BCUT2D eigenvalue weighted by atomic mass is 10.2. The van der Waals surface area contributed by atoms with E-state index in [9.17, 15) is 9.18 Å². The number of aromatic nitrogens is 2. The molecule has 1 amide bonds. The summed E-state index contributed by atoms with van der Waals surface area (Å²) in [7, 11) is 0. The van der Waals surface area contributed by atoms with Crippen molar-refractivity contribution in [2.45, 2.75) is 13.5 Å². The fourth-order valence-electron chi connectivity index (χ4n) is 3.12. The van der Waals surface area contributed by atoms with Crippen LogP contribution in [0.3, 0.4) is 0 Å². The van der Waals surface area contributed by atoms with E-state index in [2.05, 4.69) is 10.3 Å². The molecule has 0 bridgehead atoms. The molecule has 0 fully saturated rings. The molecule has 0 saturated heterocycles. The van der Waals surface area contributed by atoms with E-state index in [1.165, 1.54) is 12.1 Å². The number of aryl methyl sites for hydroxylation is 1. The van der Waals surface area contributed by atoms with E-state index in [4.69, 9.17) is 16.3 Å². The number of pyridine rings is 1. The number of carbonyl (C=O) groups excluding carboxylic acids is 1. The predicted molar refractivity (Wildman–Crippen MR) is 117 cm³/mol. The second kappa shape index (κ2) is 9.02. The van der Waals surface area contributed by atoms with Crippen LogP contribution < -0.4 is 10.1 Å². The van der Waals surface area contributed by atoms with Gasteiger partial charge in [-0.05, 0) is 72.6 Å². The average Bonchev–Trinajstić information content (AvgIpc) is 3.24. The van der Waals surface area contributed by atoms with Crippen LogP contribution in [0.4, 0.5) is 4.39 Å². The Hall–Kier alpha value is -3.64. The van der Waals surface area contributed by atoms with E-state index in [1.54, 1.807) is 59.4 Å². The molecule has 5 nitrogen and oxygen atoms in total. The number of amides is 1. The molecule has 0 saturated carbocycles. The highest BCUT2D eigenvalue weighted by Crippen LogP contribution is 2.22. The molecule has 7 heteroatoms. The van der Waals surface area contributed by atoms with Gasteiger partial charge in [0.1, 0.15) is 28.8 Å². The van der Waals surface area contributed by atoms with Crippen molar-refractivity contribution in [2.75, 3.05) is 0 Å². The van der Waals surface area contributed by atoms with Crippen LogP contribution in [0.5, 0.6) is 11.5 Å². The third-order valence-corrected chi connectivity index (χ3v) is 4.86. The first-order valence-electron chi connectivity index (χ1n) is 9.60. The molecule has 0 aliphatic heterocycles. The van der Waals surface area contributed by atoms with Crippen molar-refractivity contribution in [3.05, 3.63) is 107 Å². The minimum Gasteiger partial charge on any atom is -0.457 e. The predicted octanol–water partition coefficient (Wildman–Crippen LogP) is 5.70. The third-order valence-electron chi connectivity index (χ3n) is 4.65. The Bertz CT molecular complexity index is 1200. The van der Waals surface area contributed by atoms with Gasteiger partial charge in [0.05, 0.1) is 5.02 Å². The number of hydrogen-bond donors (Lipinski definition) is 1. The zero-order chi connectivity index (χ0) is 21.8. The third kappa shape index (κ3) is 4.92. The lowest BCUT2D eigenvalue weighted by molar-refractivity contribution is 0.0944. The zero-order valence-electron chi connectivity index (χ0n) is 16.7. The van der Waals surface area contributed by atoms with Crippen LogP contribution in [0.2, 0.25) is 5.02 Å². The first-order chi connectivity index (χ1) is 15.0. The van der Waals surface area contributed by atoms with Gasteiger partial charge in [0.2, 0.25) is 0 Å². The topological polar surface area (TPSA) is 56.2 Å². The molecular formula is C24H19ClFN3O2. The van der Waals surface area contributed by atoms with Crippen LogP contribution in [-0.4, -0.2) is 15.5 Å². The second-order valence-electron chi connectivity index (χ2n) is 6.94. The maximum Gasteiger partial charge on any atom is 0.268 e. The smallest absolute Gasteiger partial charge is 0.268 e. The van der Waals surface area contributed by atoms with Crippen LogP contribution in [-0.2, 0) is 6.54 Å². The Morgan fingerprint density at radius 1 is 1.10 bits per heavy atom. The highest BCUT2D eigenvalue weighted by molar-refractivity contribution is 6.30. The molecular weight excluding hydrogens is 417 g/mol. The van der Waals surface area contributed by atoms with E-state index in [0.29, 0.717) is 34.6 Å². The first-order valence-corrected chi connectivity index (χ1v) is 9.98. The monoisotopic (exact) mass is 435 g/mol. The molecule has 2 aromatic heterocycles. The van der Waals surface area contributed by atoms with Gasteiger partial charge in [0.15, 0.2) is 0 Å². The Labute approximate surface area is 184 Å². The number of halogens is 2. The van der Waals surface area contributed by atoms with Crippen molar-refractivity contribution in [2.24, 2.45) is 0 Å². The van der Waals surface area contributed by atoms with Crippen molar-refractivity contribution in [1.82, 2.24) is 14.9 Å². The van der Waals surface area contributed by atoms with Crippen LogP contribution in [0, 0.1) is 12.7 Å². The SMILES string of the molecule is Cc1cc(Cl)cnc1-n1cccc1C(=O)NCc1ccc(Oc2ccc(F)cc2)cc1. The van der Waals surface area contributed by atoms with Crippen LogP contribution in [0.15, 0.2) is 79.1 Å². The van der Waals surface area contributed by atoms with Crippen molar-refractivity contribution in [3.63, 3.8) is 0 Å². The molecule has 4 rings (SSSR count). The van der Waals surface area contributed by atoms with Gasteiger partial charge in [0, 0.05) is 18.9 Å². The lowest BCUT2D eigenvalue weighted by Gasteiger charge is -2.12. The summed E-state index contributed by atoms with van der Waals surface area (Å²) in [6.07, 6.45) is 3.35. The molecule has 4 aromatic rings. The maximum absolute atomic E-state index is 13.0. The van der Waals surface area contributed by atoms with E-state index in [1.807, 2.05) is 19.1 Å². The number of hydrogen-bond acceptors (Lipinski definition) is 3. The number of nitrogens with zero attached hydrogens (tertiary/aromatic N) is 2. The summed E-state index contributed by atoms with van der Waals surface area (Å²) in [6, 6.07) is 18.5. The minimum absolute atomic E-state index is 0.215. The van der Waals surface area contributed by atoms with Crippen LogP contribution >= 0.6 is 11.6 Å². The summed E-state index contributed by atoms with van der Waals surface area (Å²) in [5.41, 5.74) is 2.27. The molecule has 31 heavy (non-hydrogen) atoms. The zero-order valence-corrected chi connectivity index (χ0v) is 17.4. The van der Waals surface area contributed by atoms with E-state index in [0.717, 1.165) is 11.1 Å². The van der Waals surface area contributed by atoms with Gasteiger partial charge < -0.3 is 10.1 Å². The molecule has 1 N–H and O–H groups in total. The largest absolute Gasteiger partial charge is 0.457 e. The van der Waals surface area contributed by atoms with Gasteiger partial charge in [-0.2, -0.15) is 0 Å². The molecule has 0 aliphatic rings. The van der Waals surface area contributed by atoms with Crippen molar-refractivity contribution < 1.29 is 13.9 Å². The molecule has 0 aliphatic carbocycles. The van der Waals surface area contributed by atoms with Crippen LogP contribution in [0.25, 0.3) is 5.82 Å². The quantitative estimate of drug-likeness (QED) is 0.423. The Morgan fingerprint density at radius 2 is 1.77 bits per heavy atom. The Balaban J connectivity index is 1.40. The van der Waals surface area contributed by atoms with Crippen molar-refractivity contribution in [3.8, 4) is 17.3 Å². The van der Waals surface area contributed by atoms with E-state index < -0.39 is 0 Å². The molecule has 0 atom stereocenters. The number of ether oxygens (including phenoxy) is 1. The highest BCUT2D eigenvalue weighted by Gasteiger charge is 2.14. The summed E-state index contributed by atoms with van der Waals surface area (Å²) < 4.78 is 20.4. The Kier molecular flexibility index (Phi) is 6.00. The molecule has 0 radical (unpaired) electrons. The summed E-state index contributed by atoms with van der Waals surface area (Å²) in [6.45, 7) is 2.25. The number of carbonyl (C=O) groups is 1. The number of benzene rings is 2. The summed E-state index contributed by atoms with van der Waals surface area (Å²) in [4.78, 5) is 17.1. The van der Waals surface area contributed by atoms with E-state index >= 15 is 0 Å². The Morgan fingerprint density at radius 3 is 2.45 bits per heavy atom. The normalized spacial score (nSPS) is 10.7. The van der Waals surface area contributed by atoms with Crippen molar-refractivity contribution >= 4 is 17.5 Å². The fraction of sp³-hybridized carbons (Fsp3) is 0.0833. The maximum atomic E-state index is 13.0. The number of nitrogens with one attached hydrogen (secondary N) is 1. The van der Waals surface area contributed by atoms with Gasteiger partial charge in [0.25, 0.3) is 5.91 Å². The molecule has 2 aromatic carbocycles. The van der Waals surface area contributed by atoms with Crippen molar-refractivity contribution in [1.29, 1.82) is 0 Å². The van der Waals surface area contributed by atoms with Gasteiger partial charge >= 0.3 is 0 Å². The van der Waals surface area contributed by atoms with Gasteiger partial charge in [-0.25, -0.2) is 9.37 Å². The summed E-state index contributed by atoms with van der Waals surface area (Å²) in [5, 5.41) is 3.47. The summed E-state index contributed by atoms with van der Waals surface area (Å²) in [5.74, 6) is 1.30. The van der Waals surface area contributed by atoms with Gasteiger partial charge in [-0.3, -0.25) is 9.36 Å².